The van der Waals surface area contributed by atoms with Gasteiger partial charge in [-0.2, -0.15) is 0 Å². The van der Waals surface area contributed by atoms with Crippen LogP contribution in [0.1, 0.15) is 22.6 Å². The lowest BCUT2D eigenvalue weighted by Crippen LogP contribution is -2.36. The summed E-state index contributed by atoms with van der Waals surface area (Å²) in [6.45, 7) is 5.16. The number of aryl methyl sites for hydroxylation is 2. The molecular weight excluding hydrogens is 455 g/mol. The van der Waals surface area contributed by atoms with Crippen molar-refractivity contribution in [3.63, 3.8) is 0 Å². The van der Waals surface area contributed by atoms with Crippen molar-refractivity contribution in [3.8, 4) is 5.75 Å². The fraction of sp³-hybridized carbons (Fsp3) is 0.300. The molecule has 0 aliphatic rings. The van der Waals surface area contributed by atoms with E-state index >= 15 is 0 Å². The molecule has 3 rings (SSSR count). The molecule has 0 spiro atoms. The first kappa shape index (κ1) is 21.0. The fourth-order valence-electron chi connectivity index (χ4n) is 2.84. The van der Waals surface area contributed by atoms with E-state index in [9.17, 15) is 0 Å². The lowest BCUT2D eigenvalue weighted by Gasteiger charge is -2.12. The van der Waals surface area contributed by atoms with Crippen LogP contribution in [-0.4, -0.2) is 25.3 Å². The summed E-state index contributed by atoms with van der Waals surface area (Å²) in [7, 11) is 3.44. The molecule has 2 N–H and O–H groups in total. The van der Waals surface area contributed by atoms with Crippen LogP contribution in [0.2, 0.25) is 0 Å². The molecule has 0 atom stereocenters. The average Bonchev–Trinajstić information content (AvgIpc) is 2.99. The molecule has 27 heavy (non-hydrogen) atoms. The molecule has 0 saturated heterocycles. The molecule has 0 amide bonds. The molecule has 6 nitrogen and oxygen atoms in total. The Morgan fingerprint density at radius 3 is 2.44 bits per heavy atom. The van der Waals surface area contributed by atoms with Crippen LogP contribution in [0.25, 0.3) is 10.8 Å². The summed E-state index contributed by atoms with van der Waals surface area (Å²) in [6.07, 6.45) is 0. The Bertz CT molecular complexity index is 917. The standard InChI is InChI=1S/C20H24N4O2.HI/c1-13-19(14(2)26-24-13)12-23-20(21-3)22-11-15-5-6-17-10-18(25-4)8-7-16(17)9-15;/h5-10H,11-12H2,1-4H3,(H2,21,22,23);1H. The maximum Gasteiger partial charge on any atom is 0.191 e. The number of halogens is 1. The predicted octanol–water partition coefficient (Wildman–Crippen LogP) is 3.94. The number of hydrogen-bond acceptors (Lipinski definition) is 4. The van der Waals surface area contributed by atoms with Gasteiger partial charge in [0.2, 0.25) is 0 Å². The zero-order valence-corrected chi connectivity index (χ0v) is 18.3. The van der Waals surface area contributed by atoms with Gasteiger partial charge in [-0.1, -0.05) is 23.4 Å². The average molecular weight is 480 g/mol. The second-order valence-electron chi connectivity index (χ2n) is 6.13. The van der Waals surface area contributed by atoms with E-state index in [1.54, 1.807) is 14.2 Å². The minimum atomic E-state index is 0. The summed E-state index contributed by atoms with van der Waals surface area (Å²) < 4.78 is 10.5. The number of methoxy groups -OCH3 is 1. The summed E-state index contributed by atoms with van der Waals surface area (Å²) in [5, 5.41) is 13.0. The van der Waals surface area contributed by atoms with Gasteiger partial charge in [-0.05, 0) is 48.4 Å². The van der Waals surface area contributed by atoms with Gasteiger partial charge in [0.05, 0.1) is 12.8 Å². The van der Waals surface area contributed by atoms with Crippen molar-refractivity contribution in [2.75, 3.05) is 14.2 Å². The summed E-state index contributed by atoms with van der Waals surface area (Å²) >= 11 is 0. The molecule has 1 aromatic heterocycles. The highest BCUT2D eigenvalue weighted by Crippen LogP contribution is 2.21. The largest absolute Gasteiger partial charge is 0.497 e. The van der Waals surface area contributed by atoms with Gasteiger partial charge in [0, 0.05) is 25.7 Å². The molecule has 1 heterocycles. The van der Waals surface area contributed by atoms with Gasteiger partial charge in [-0.25, -0.2) is 0 Å². The van der Waals surface area contributed by atoms with Gasteiger partial charge in [-0.3, -0.25) is 4.99 Å². The molecule has 3 aromatic rings. The third kappa shape index (κ3) is 5.12. The van der Waals surface area contributed by atoms with Crippen LogP contribution < -0.4 is 15.4 Å². The van der Waals surface area contributed by atoms with E-state index in [2.05, 4.69) is 45.0 Å². The minimum Gasteiger partial charge on any atom is -0.497 e. The van der Waals surface area contributed by atoms with Crippen LogP contribution in [0.15, 0.2) is 45.9 Å². The Hall–Kier alpha value is -2.29. The second kappa shape index (κ2) is 9.59. The van der Waals surface area contributed by atoms with Crippen LogP contribution >= 0.6 is 24.0 Å². The van der Waals surface area contributed by atoms with E-state index < -0.39 is 0 Å². The number of nitrogens with one attached hydrogen (secondary N) is 2. The molecule has 144 valence electrons. The normalized spacial score (nSPS) is 11.2. The lowest BCUT2D eigenvalue weighted by molar-refractivity contribution is 0.392. The van der Waals surface area contributed by atoms with Gasteiger partial charge in [-0.15, -0.1) is 24.0 Å². The molecule has 0 radical (unpaired) electrons. The zero-order valence-electron chi connectivity index (χ0n) is 16.0. The maximum absolute atomic E-state index is 5.27. The van der Waals surface area contributed by atoms with Crippen LogP contribution in [0, 0.1) is 13.8 Å². The fourth-order valence-corrected chi connectivity index (χ4v) is 2.84. The Kier molecular flexibility index (Phi) is 7.46. The first-order valence-corrected chi connectivity index (χ1v) is 8.53. The van der Waals surface area contributed by atoms with Crippen LogP contribution in [0.3, 0.4) is 0 Å². The number of aromatic nitrogens is 1. The Labute approximate surface area is 176 Å². The van der Waals surface area contributed by atoms with Crippen molar-refractivity contribution in [2.24, 2.45) is 4.99 Å². The summed E-state index contributed by atoms with van der Waals surface area (Å²) in [5.74, 6) is 2.43. The molecular formula is C20H25IN4O2. The molecule has 0 saturated carbocycles. The van der Waals surface area contributed by atoms with Gasteiger partial charge >= 0.3 is 0 Å². The molecule has 0 aliphatic heterocycles. The second-order valence-corrected chi connectivity index (χ2v) is 6.13. The van der Waals surface area contributed by atoms with Crippen molar-refractivity contribution >= 4 is 40.7 Å². The predicted molar refractivity (Wildman–Crippen MR) is 119 cm³/mol. The van der Waals surface area contributed by atoms with Crippen LogP contribution in [0.4, 0.5) is 0 Å². The maximum atomic E-state index is 5.27. The van der Waals surface area contributed by atoms with Crippen LogP contribution in [-0.2, 0) is 13.1 Å². The van der Waals surface area contributed by atoms with Crippen molar-refractivity contribution in [2.45, 2.75) is 26.9 Å². The molecule has 0 unspecified atom stereocenters. The van der Waals surface area contributed by atoms with Gasteiger partial charge in [0.15, 0.2) is 5.96 Å². The van der Waals surface area contributed by atoms with E-state index in [1.165, 1.54) is 10.9 Å². The van der Waals surface area contributed by atoms with E-state index in [0.717, 1.165) is 34.1 Å². The minimum absolute atomic E-state index is 0. The third-order valence-electron chi connectivity index (χ3n) is 4.41. The number of aliphatic imine (C=N–C) groups is 1. The SMILES string of the molecule is CN=C(NCc1ccc2cc(OC)ccc2c1)NCc1c(C)noc1C.I. The Morgan fingerprint density at radius 2 is 1.78 bits per heavy atom. The lowest BCUT2D eigenvalue weighted by atomic mass is 10.1. The number of ether oxygens (including phenoxy) is 1. The molecule has 0 aliphatic carbocycles. The highest BCUT2D eigenvalue weighted by atomic mass is 127. The van der Waals surface area contributed by atoms with Gasteiger partial charge < -0.3 is 19.9 Å². The first-order chi connectivity index (χ1) is 12.6. The Balaban J connectivity index is 0.00000261. The summed E-state index contributed by atoms with van der Waals surface area (Å²) in [4.78, 5) is 4.27. The van der Waals surface area contributed by atoms with E-state index in [0.29, 0.717) is 13.1 Å². The topological polar surface area (TPSA) is 71.7 Å². The third-order valence-corrected chi connectivity index (χ3v) is 4.41. The quantitative estimate of drug-likeness (QED) is 0.329. The number of benzene rings is 2. The van der Waals surface area contributed by atoms with Gasteiger partial charge in [0.25, 0.3) is 0 Å². The van der Waals surface area contributed by atoms with Gasteiger partial charge in [0.1, 0.15) is 11.5 Å². The zero-order chi connectivity index (χ0) is 18.5. The first-order valence-electron chi connectivity index (χ1n) is 8.53. The summed E-state index contributed by atoms with van der Waals surface area (Å²) in [6, 6.07) is 12.5. The van der Waals surface area contributed by atoms with Crippen molar-refractivity contribution in [3.05, 3.63) is 59.0 Å². The van der Waals surface area contributed by atoms with Crippen molar-refractivity contribution in [1.29, 1.82) is 0 Å². The smallest absolute Gasteiger partial charge is 0.191 e. The van der Waals surface area contributed by atoms with Crippen molar-refractivity contribution < 1.29 is 9.26 Å². The summed E-state index contributed by atoms with van der Waals surface area (Å²) in [5.41, 5.74) is 3.14. The highest BCUT2D eigenvalue weighted by molar-refractivity contribution is 14.0. The molecule has 2 aromatic carbocycles. The number of nitrogens with zero attached hydrogens (tertiary/aromatic N) is 2. The van der Waals surface area contributed by atoms with Crippen LogP contribution in [0.5, 0.6) is 5.75 Å². The number of hydrogen-bond donors (Lipinski definition) is 2. The number of fused-ring (bicyclic) bond motifs is 1. The molecule has 7 heteroatoms. The number of rotatable bonds is 5. The number of guanidine groups is 1. The van der Waals surface area contributed by atoms with E-state index in [-0.39, 0.29) is 24.0 Å². The van der Waals surface area contributed by atoms with Crippen molar-refractivity contribution in [1.82, 2.24) is 15.8 Å². The van der Waals surface area contributed by atoms with E-state index in [4.69, 9.17) is 9.26 Å². The highest BCUT2D eigenvalue weighted by Gasteiger charge is 2.09. The van der Waals surface area contributed by atoms with E-state index in [1.807, 2.05) is 26.0 Å². The molecule has 0 fully saturated rings. The Morgan fingerprint density at radius 1 is 1.07 bits per heavy atom. The molecule has 0 bridgehead atoms. The monoisotopic (exact) mass is 480 g/mol.